The molecule has 94 valence electrons. The van der Waals surface area contributed by atoms with E-state index < -0.39 is 0 Å². The molecule has 1 atom stereocenters. The highest BCUT2D eigenvalue weighted by Gasteiger charge is 2.39. The predicted octanol–water partition coefficient (Wildman–Crippen LogP) is -0.0303. The molecule has 6 nitrogen and oxygen atoms in total. The topological polar surface area (TPSA) is 75.2 Å². The van der Waals surface area contributed by atoms with Gasteiger partial charge in [-0.25, -0.2) is 4.98 Å². The summed E-state index contributed by atoms with van der Waals surface area (Å²) in [4.78, 5) is 33.2. The van der Waals surface area contributed by atoms with Gasteiger partial charge in [0.1, 0.15) is 5.69 Å². The first kappa shape index (κ1) is 11.1. The number of carbonyl (C=O) groups is 2. The van der Waals surface area contributed by atoms with E-state index in [2.05, 4.69) is 15.3 Å². The molecule has 18 heavy (non-hydrogen) atoms. The molecule has 2 fully saturated rings. The lowest BCUT2D eigenvalue weighted by Gasteiger charge is -2.15. The van der Waals surface area contributed by atoms with Gasteiger partial charge in [0.15, 0.2) is 0 Å². The highest BCUT2D eigenvalue weighted by molar-refractivity contribution is 5.93. The largest absolute Gasteiger partial charge is 0.346 e. The van der Waals surface area contributed by atoms with E-state index in [1.54, 1.807) is 0 Å². The Morgan fingerprint density at radius 3 is 2.89 bits per heavy atom. The van der Waals surface area contributed by atoms with Crippen molar-refractivity contribution in [2.24, 2.45) is 0 Å². The molecule has 0 unspecified atom stereocenters. The van der Waals surface area contributed by atoms with Crippen molar-refractivity contribution in [3.63, 3.8) is 0 Å². The van der Waals surface area contributed by atoms with Gasteiger partial charge in [0.2, 0.25) is 5.91 Å². The van der Waals surface area contributed by atoms with Gasteiger partial charge in [-0.3, -0.25) is 14.6 Å². The Morgan fingerprint density at radius 1 is 1.39 bits per heavy atom. The number of rotatable bonds is 3. The molecule has 0 radical (unpaired) electrons. The second-order valence-corrected chi connectivity index (χ2v) is 4.74. The van der Waals surface area contributed by atoms with Crippen LogP contribution in [0.1, 0.15) is 29.8 Å². The summed E-state index contributed by atoms with van der Waals surface area (Å²) in [6.45, 7) is 0.621. The molecule has 1 saturated carbocycles. The Labute approximate surface area is 104 Å². The fourth-order valence-electron chi connectivity index (χ4n) is 2.24. The van der Waals surface area contributed by atoms with Crippen LogP contribution in [0.2, 0.25) is 0 Å². The van der Waals surface area contributed by atoms with Crippen LogP contribution >= 0.6 is 0 Å². The van der Waals surface area contributed by atoms with Crippen molar-refractivity contribution in [2.45, 2.75) is 31.3 Å². The summed E-state index contributed by atoms with van der Waals surface area (Å²) >= 11 is 0. The van der Waals surface area contributed by atoms with Gasteiger partial charge in [-0.05, 0) is 12.8 Å². The second-order valence-electron chi connectivity index (χ2n) is 4.74. The van der Waals surface area contributed by atoms with E-state index in [0.29, 0.717) is 19.0 Å². The molecule has 3 rings (SSSR count). The summed E-state index contributed by atoms with van der Waals surface area (Å²) in [6.07, 6.45) is 7.00. The minimum Gasteiger partial charge on any atom is -0.346 e. The van der Waals surface area contributed by atoms with E-state index >= 15 is 0 Å². The number of amides is 2. The van der Waals surface area contributed by atoms with Crippen molar-refractivity contribution in [3.05, 3.63) is 24.3 Å². The number of nitrogens with zero attached hydrogens (tertiary/aromatic N) is 3. The highest BCUT2D eigenvalue weighted by atomic mass is 16.2. The molecule has 1 N–H and O–H groups in total. The van der Waals surface area contributed by atoms with Gasteiger partial charge in [0.05, 0.1) is 12.2 Å². The molecule has 2 heterocycles. The summed E-state index contributed by atoms with van der Waals surface area (Å²) in [7, 11) is 0. The monoisotopic (exact) mass is 246 g/mol. The lowest BCUT2D eigenvalue weighted by molar-refractivity contribution is -0.128. The maximum absolute atomic E-state index is 11.9. The number of nitrogens with one attached hydrogen (secondary N) is 1. The third-order valence-electron chi connectivity index (χ3n) is 3.28. The van der Waals surface area contributed by atoms with Crippen LogP contribution in [0.25, 0.3) is 0 Å². The first-order valence-corrected chi connectivity index (χ1v) is 6.10. The van der Waals surface area contributed by atoms with E-state index in [0.717, 1.165) is 12.8 Å². The Kier molecular flexibility index (Phi) is 2.70. The molecule has 1 aromatic heterocycles. The fraction of sp³-hybridized carbons (Fsp3) is 0.500. The zero-order valence-electron chi connectivity index (χ0n) is 9.87. The number of hydrogen-bond acceptors (Lipinski definition) is 4. The van der Waals surface area contributed by atoms with Crippen LogP contribution in [-0.4, -0.2) is 45.3 Å². The molecular formula is C12H14N4O2. The smallest absolute Gasteiger partial charge is 0.271 e. The van der Waals surface area contributed by atoms with E-state index in [4.69, 9.17) is 0 Å². The van der Waals surface area contributed by atoms with Crippen LogP contribution < -0.4 is 5.32 Å². The van der Waals surface area contributed by atoms with Gasteiger partial charge in [0, 0.05) is 31.4 Å². The van der Waals surface area contributed by atoms with Gasteiger partial charge in [-0.15, -0.1) is 0 Å². The molecule has 2 aliphatic rings. The lowest BCUT2D eigenvalue weighted by atomic mass is 10.2. The number of likely N-dealkylation sites (tertiary alicyclic amines) is 1. The maximum atomic E-state index is 11.9. The molecule has 6 heteroatoms. The summed E-state index contributed by atoms with van der Waals surface area (Å²) in [5.41, 5.74) is 0.287. The van der Waals surface area contributed by atoms with Crippen LogP contribution in [0.15, 0.2) is 18.6 Å². The zero-order valence-corrected chi connectivity index (χ0v) is 9.87. The van der Waals surface area contributed by atoms with Crippen LogP contribution in [0.4, 0.5) is 0 Å². The second kappa shape index (κ2) is 4.36. The minimum absolute atomic E-state index is 0.104. The van der Waals surface area contributed by atoms with E-state index in [9.17, 15) is 9.59 Å². The van der Waals surface area contributed by atoms with Crippen LogP contribution in [-0.2, 0) is 4.79 Å². The molecule has 1 saturated heterocycles. The van der Waals surface area contributed by atoms with Crippen molar-refractivity contribution in [1.29, 1.82) is 0 Å². The molecule has 1 aromatic rings. The Morgan fingerprint density at radius 2 is 2.22 bits per heavy atom. The van der Waals surface area contributed by atoms with Crippen molar-refractivity contribution in [2.75, 3.05) is 6.54 Å². The molecule has 0 spiro atoms. The van der Waals surface area contributed by atoms with Crippen molar-refractivity contribution >= 4 is 11.8 Å². The first-order chi connectivity index (χ1) is 8.74. The third kappa shape index (κ3) is 2.18. The third-order valence-corrected chi connectivity index (χ3v) is 3.28. The Bertz CT molecular complexity index is 472. The van der Waals surface area contributed by atoms with E-state index in [1.165, 1.54) is 18.6 Å². The molecule has 2 amide bonds. The summed E-state index contributed by atoms with van der Waals surface area (Å²) in [6, 6.07) is 0.309. The van der Waals surface area contributed by atoms with Gasteiger partial charge in [0.25, 0.3) is 5.91 Å². The van der Waals surface area contributed by atoms with Crippen molar-refractivity contribution < 1.29 is 9.59 Å². The molecule has 1 aliphatic carbocycles. The minimum atomic E-state index is -0.265. The Balaban J connectivity index is 1.61. The average Bonchev–Trinajstić information content (AvgIpc) is 3.15. The molecule has 0 aromatic carbocycles. The average molecular weight is 246 g/mol. The van der Waals surface area contributed by atoms with Crippen LogP contribution in [0.5, 0.6) is 0 Å². The number of carbonyl (C=O) groups excluding carboxylic acids is 2. The van der Waals surface area contributed by atoms with Gasteiger partial charge >= 0.3 is 0 Å². The van der Waals surface area contributed by atoms with Crippen LogP contribution in [0, 0.1) is 0 Å². The van der Waals surface area contributed by atoms with Gasteiger partial charge in [-0.2, -0.15) is 0 Å². The summed E-state index contributed by atoms with van der Waals surface area (Å²) in [5, 5.41) is 2.83. The zero-order chi connectivity index (χ0) is 12.5. The first-order valence-electron chi connectivity index (χ1n) is 6.10. The SMILES string of the molecule is O=C(N[C@@H]1CC(=O)N(C2CC2)C1)c1cnccn1. The normalized spacial score (nSPS) is 23.2. The van der Waals surface area contributed by atoms with Gasteiger partial charge < -0.3 is 10.2 Å². The summed E-state index contributed by atoms with van der Waals surface area (Å²) < 4.78 is 0. The van der Waals surface area contributed by atoms with Crippen molar-refractivity contribution in [1.82, 2.24) is 20.2 Å². The van der Waals surface area contributed by atoms with E-state index in [1.807, 2.05) is 4.90 Å². The quantitative estimate of drug-likeness (QED) is 0.812. The van der Waals surface area contributed by atoms with Crippen LogP contribution in [0.3, 0.4) is 0 Å². The molecule has 0 bridgehead atoms. The number of aromatic nitrogens is 2. The maximum Gasteiger partial charge on any atom is 0.271 e. The predicted molar refractivity (Wildman–Crippen MR) is 62.6 cm³/mol. The highest BCUT2D eigenvalue weighted by Crippen LogP contribution is 2.30. The standard InChI is InChI=1S/C12H14N4O2/c17-11-5-8(7-16(11)9-1-2-9)15-12(18)10-6-13-3-4-14-10/h3-4,6,8-9H,1-2,5,7H2,(H,15,18)/t8-/m1/s1. The van der Waals surface area contributed by atoms with Gasteiger partial charge in [-0.1, -0.05) is 0 Å². The molecular weight excluding hydrogens is 232 g/mol. The fourth-order valence-corrected chi connectivity index (χ4v) is 2.24. The lowest BCUT2D eigenvalue weighted by Crippen LogP contribution is -2.38. The summed E-state index contributed by atoms with van der Waals surface area (Å²) in [5.74, 6) is -0.125. The van der Waals surface area contributed by atoms with E-state index in [-0.39, 0.29) is 23.6 Å². The Hall–Kier alpha value is -1.98. The van der Waals surface area contributed by atoms with Crippen molar-refractivity contribution in [3.8, 4) is 0 Å². The molecule has 1 aliphatic heterocycles. The number of hydrogen-bond donors (Lipinski definition) is 1.